The van der Waals surface area contributed by atoms with E-state index in [-0.39, 0.29) is 0 Å². The quantitative estimate of drug-likeness (QED) is 0.670. The van der Waals surface area contributed by atoms with Crippen molar-refractivity contribution in [1.82, 2.24) is 5.32 Å². The predicted molar refractivity (Wildman–Crippen MR) is 75.3 cm³/mol. The number of hydrogen-bond donors (Lipinski definition) is 1. The van der Waals surface area contributed by atoms with Crippen molar-refractivity contribution in [2.24, 2.45) is 11.3 Å². The minimum atomic E-state index is 0.673. The Kier molecular flexibility index (Phi) is 5.34. The molecular formula is C16H31N. The molecule has 1 heteroatoms. The van der Waals surface area contributed by atoms with Crippen LogP contribution in [0.4, 0.5) is 0 Å². The lowest BCUT2D eigenvalue weighted by Crippen LogP contribution is -2.32. The second kappa shape index (κ2) is 6.78. The van der Waals surface area contributed by atoms with Crippen LogP contribution in [0.15, 0.2) is 0 Å². The first-order valence-corrected chi connectivity index (χ1v) is 8.05. The molecule has 0 bridgehead atoms. The summed E-state index contributed by atoms with van der Waals surface area (Å²) in [6.45, 7) is 4.94. The Morgan fingerprint density at radius 3 is 2.35 bits per heavy atom. The van der Waals surface area contributed by atoms with Crippen LogP contribution < -0.4 is 5.32 Å². The first kappa shape index (κ1) is 13.4. The van der Waals surface area contributed by atoms with Crippen molar-refractivity contribution in [3.8, 4) is 0 Å². The lowest BCUT2D eigenvalue weighted by atomic mass is 9.83. The maximum absolute atomic E-state index is 3.77. The maximum atomic E-state index is 3.77. The van der Waals surface area contributed by atoms with Gasteiger partial charge < -0.3 is 5.32 Å². The highest BCUT2D eigenvalue weighted by Gasteiger charge is 2.31. The molecule has 2 aliphatic rings. The Morgan fingerprint density at radius 2 is 1.71 bits per heavy atom. The van der Waals surface area contributed by atoms with E-state index in [9.17, 15) is 0 Å². The first-order chi connectivity index (χ1) is 8.35. The summed E-state index contributed by atoms with van der Waals surface area (Å²) in [7, 11) is 0. The van der Waals surface area contributed by atoms with Gasteiger partial charge in [-0.2, -0.15) is 0 Å². The van der Waals surface area contributed by atoms with Gasteiger partial charge in [0.25, 0.3) is 0 Å². The van der Waals surface area contributed by atoms with Gasteiger partial charge in [0.1, 0.15) is 0 Å². The first-order valence-electron chi connectivity index (χ1n) is 8.05. The summed E-state index contributed by atoms with van der Waals surface area (Å²) in [6, 6.07) is 0. The highest BCUT2D eigenvalue weighted by atomic mass is 14.9. The zero-order valence-electron chi connectivity index (χ0n) is 11.8. The Bertz CT molecular complexity index is 200. The lowest BCUT2D eigenvalue weighted by Gasteiger charge is -2.28. The van der Waals surface area contributed by atoms with Gasteiger partial charge in [0.15, 0.2) is 0 Å². The van der Waals surface area contributed by atoms with Gasteiger partial charge in [-0.25, -0.2) is 0 Å². The van der Waals surface area contributed by atoms with E-state index in [4.69, 9.17) is 0 Å². The SMILES string of the molecule is CCC1(CNCCC2CCCCC2)CCCC1. The van der Waals surface area contributed by atoms with Gasteiger partial charge in [-0.3, -0.25) is 0 Å². The van der Waals surface area contributed by atoms with E-state index in [0.29, 0.717) is 5.41 Å². The van der Waals surface area contributed by atoms with Crippen molar-refractivity contribution in [1.29, 1.82) is 0 Å². The molecule has 1 nitrogen and oxygen atoms in total. The zero-order chi connectivity index (χ0) is 12.0. The molecular weight excluding hydrogens is 206 g/mol. The second-order valence-electron chi connectivity index (χ2n) is 6.53. The summed E-state index contributed by atoms with van der Waals surface area (Å²) in [6.07, 6.45) is 16.2. The largest absolute Gasteiger partial charge is 0.316 e. The van der Waals surface area contributed by atoms with Crippen LogP contribution in [0.2, 0.25) is 0 Å². The molecule has 0 aromatic rings. The molecule has 1 N–H and O–H groups in total. The monoisotopic (exact) mass is 237 g/mol. The van der Waals surface area contributed by atoms with Crippen LogP contribution in [0.3, 0.4) is 0 Å². The molecule has 0 atom stereocenters. The molecule has 0 radical (unpaired) electrons. The van der Waals surface area contributed by atoms with Gasteiger partial charge in [0, 0.05) is 6.54 Å². The molecule has 100 valence electrons. The molecule has 2 saturated carbocycles. The van der Waals surface area contributed by atoms with Gasteiger partial charge in [-0.15, -0.1) is 0 Å². The minimum Gasteiger partial charge on any atom is -0.316 e. The highest BCUT2D eigenvalue weighted by molar-refractivity contribution is 4.85. The fraction of sp³-hybridized carbons (Fsp3) is 1.00. The van der Waals surface area contributed by atoms with Crippen molar-refractivity contribution in [2.75, 3.05) is 13.1 Å². The summed E-state index contributed by atoms with van der Waals surface area (Å²) in [4.78, 5) is 0. The van der Waals surface area contributed by atoms with Gasteiger partial charge in [0.2, 0.25) is 0 Å². The maximum Gasteiger partial charge on any atom is 0.000770 e. The normalized spacial score (nSPS) is 25.2. The van der Waals surface area contributed by atoms with Crippen LogP contribution in [0.25, 0.3) is 0 Å². The Morgan fingerprint density at radius 1 is 1.00 bits per heavy atom. The van der Waals surface area contributed by atoms with E-state index in [1.807, 2.05) is 0 Å². The summed E-state index contributed by atoms with van der Waals surface area (Å²) >= 11 is 0. The smallest absolute Gasteiger partial charge is 0.000770 e. The molecule has 0 aromatic carbocycles. The van der Waals surface area contributed by atoms with E-state index < -0.39 is 0 Å². The standard InChI is InChI=1S/C16H31N/c1-2-16(11-6-7-12-16)14-17-13-10-15-8-4-3-5-9-15/h15,17H,2-14H2,1H3. The molecule has 0 aromatic heterocycles. The number of nitrogens with one attached hydrogen (secondary N) is 1. The number of hydrogen-bond acceptors (Lipinski definition) is 1. The van der Waals surface area contributed by atoms with Crippen LogP contribution in [-0.2, 0) is 0 Å². The Balaban J connectivity index is 1.58. The summed E-state index contributed by atoms with van der Waals surface area (Å²) in [5.41, 5.74) is 0.673. The van der Waals surface area contributed by atoms with Gasteiger partial charge in [0.05, 0.1) is 0 Å². The fourth-order valence-corrected chi connectivity index (χ4v) is 3.92. The Hall–Kier alpha value is -0.0400. The summed E-state index contributed by atoms with van der Waals surface area (Å²) < 4.78 is 0. The molecule has 0 spiro atoms. The minimum absolute atomic E-state index is 0.673. The third-order valence-electron chi connectivity index (χ3n) is 5.37. The van der Waals surface area contributed by atoms with Crippen molar-refractivity contribution in [3.63, 3.8) is 0 Å². The molecule has 0 amide bonds. The highest BCUT2D eigenvalue weighted by Crippen LogP contribution is 2.40. The van der Waals surface area contributed by atoms with Crippen LogP contribution in [0, 0.1) is 11.3 Å². The Labute approximate surface area is 108 Å². The summed E-state index contributed by atoms with van der Waals surface area (Å²) in [5.74, 6) is 1.04. The average molecular weight is 237 g/mol. The fourth-order valence-electron chi connectivity index (χ4n) is 3.92. The third kappa shape index (κ3) is 3.98. The molecule has 2 rings (SSSR count). The average Bonchev–Trinajstić information content (AvgIpc) is 2.85. The van der Waals surface area contributed by atoms with E-state index in [1.54, 1.807) is 0 Å². The summed E-state index contributed by atoms with van der Waals surface area (Å²) in [5, 5.41) is 3.77. The molecule has 0 unspecified atom stereocenters. The zero-order valence-corrected chi connectivity index (χ0v) is 11.8. The third-order valence-corrected chi connectivity index (χ3v) is 5.37. The van der Waals surface area contributed by atoms with Crippen molar-refractivity contribution >= 4 is 0 Å². The molecule has 0 aliphatic heterocycles. The van der Waals surface area contributed by atoms with E-state index >= 15 is 0 Å². The van der Waals surface area contributed by atoms with Gasteiger partial charge in [-0.1, -0.05) is 51.9 Å². The topological polar surface area (TPSA) is 12.0 Å². The van der Waals surface area contributed by atoms with Crippen LogP contribution >= 0.6 is 0 Å². The number of rotatable bonds is 6. The van der Waals surface area contributed by atoms with Gasteiger partial charge >= 0.3 is 0 Å². The molecule has 2 fully saturated rings. The van der Waals surface area contributed by atoms with Gasteiger partial charge in [-0.05, 0) is 43.6 Å². The van der Waals surface area contributed by atoms with Crippen LogP contribution in [-0.4, -0.2) is 13.1 Å². The second-order valence-corrected chi connectivity index (χ2v) is 6.53. The lowest BCUT2D eigenvalue weighted by molar-refractivity contribution is 0.260. The van der Waals surface area contributed by atoms with Crippen LogP contribution in [0.1, 0.15) is 77.6 Å². The molecule has 17 heavy (non-hydrogen) atoms. The van der Waals surface area contributed by atoms with Crippen LogP contribution in [0.5, 0.6) is 0 Å². The van der Waals surface area contributed by atoms with Crippen molar-refractivity contribution < 1.29 is 0 Å². The molecule has 0 heterocycles. The predicted octanol–water partition coefficient (Wildman–Crippen LogP) is 4.52. The van der Waals surface area contributed by atoms with Crippen molar-refractivity contribution in [2.45, 2.75) is 77.6 Å². The van der Waals surface area contributed by atoms with Crippen molar-refractivity contribution in [3.05, 3.63) is 0 Å². The van der Waals surface area contributed by atoms with E-state index in [2.05, 4.69) is 12.2 Å². The molecule has 0 saturated heterocycles. The van der Waals surface area contributed by atoms with E-state index in [0.717, 1.165) is 5.92 Å². The molecule has 2 aliphatic carbocycles. The van der Waals surface area contributed by atoms with E-state index in [1.165, 1.54) is 83.7 Å².